The number of hydrogen-bond donors (Lipinski definition) is 0. The molecule has 0 unspecified atom stereocenters. The second kappa shape index (κ2) is 10.7. The zero-order valence-electron chi connectivity index (χ0n) is 24.7. The molecule has 0 fully saturated rings. The predicted octanol–water partition coefficient (Wildman–Crippen LogP) is 9.94. The molecule has 0 saturated carbocycles. The van der Waals surface area contributed by atoms with E-state index in [1.807, 2.05) is 48.8 Å². The summed E-state index contributed by atoms with van der Waals surface area (Å²) in [7, 11) is 0. The van der Waals surface area contributed by atoms with Gasteiger partial charge in [-0.1, -0.05) is 78.9 Å². The third-order valence-electron chi connectivity index (χ3n) is 8.60. The fourth-order valence-corrected chi connectivity index (χ4v) is 6.25. The number of aromatic nitrogens is 5. The van der Waals surface area contributed by atoms with Gasteiger partial charge in [0.05, 0.1) is 39.1 Å². The fourth-order valence-electron chi connectivity index (χ4n) is 6.25. The first kappa shape index (κ1) is 26.1. The molecule has 0 saturated heterocycles. The van der Waals surface area contributed by atoms with Gasteiger partial charge in [0.1, 0.15) is 0 Å². The van der Waals surface area contributed by atoms with Gasteiger partial charge in [0.15, 0.2) is 0 Å². The lowest BCUT2D eigenvalue weighted by molar-refractivity contribution is 1.28. The van der Waals surface area contributed by atoms with Gasteiger partial charge in [-0.3, -0.25) is 15.0 Å². The van der Waals surface area contributed by atoms with E-state index in [-0.39, 0.29) is 0 Å². The third-order valence-corrected chi connectivity index (χ3v) is 8.60. The molecule has 46 heavy (non-hydrogen) atoms. The molecule has 9 rings (SSSR count). The Hall–Kier alpha value is -6.33. The van der Waals surface area contributed by atoms with Crippen LogP contribution >= 0.6 is 0 Å². The normalized spacial score (nSPS) is 11.5. The van der Waals surface area contributed by atoms with Crippen LogP contribution in [0, 0.1) is 0 Å². The van der Waals surface area contributed by atoms with Crippen molar-refractivity contribution in [2.24, 2.45) is 0 Å². The first-order chi connectivity index (χ1) is 22.8. The molecule has 0 aliphatic carbocycles. The minimum absolute atomic E-state index is 0.864. The fraction of sp³-hybridized carbons (Fsp3) is 0. The number of fused-ring (bicyclic) bond motifs is 5. The molecular weight excluding hydrogens is 562 g/mol. The van der Waals surface area contributed by atoms with Crippen LogP contribution in [-0.4, -0.2) is 24.9 Å². The summed E-state index contributed by atoms with van der Waals surface area (Å²) < 4.78 is 0. The van der Waals surface area contributed by atoms with Crippen LogP contribution in [0.25, 0.3) is 88.5 Å². The van der Waals surface area contributed by atoms with Gasteiger partial charge in [-0.25, -0.2) is 9.97 Å². The number of benzene rings is 4. The van der Waals surface area contributed by atoms with Crippen LogP contribution in [0.5, 0.6) is 0 Å². The van der Waals surface area contributed by atoms with Gasteiger partial charge in [0.25, 0.3) is 0 Å². The Morgan fingerprint density at radius 2 is 0.957 bits per heavy atom. The van der Waals surface area contributed by atoms with Crippen LogP contribution in [0.1, 0.15) is 0 Å². The van der Waals surface area contributed by atoms with E-state index >= 15 is 0 Å². The molecular formula is C41H25N5. The number of rotatable bonds is 4. The summed E-state index contributed by atoms with van der Waals surface area (Å²) in [5.74, 6) is 0. The highest BCUT2D eigenvalue weighted by Gasteiger charge is 2.12. The van der Waals surface area contributed by atoms with Gasteiger partial charge in [0.2, 0.25) is 0 Å². The van der Waals surface area contributed by atoms with Crippen molar-refractivity contribution >= 4 is 43.6 Å². The Balaban J connectivity index is 1.07. The van der Waals surface area contributed by atoms with Crippen molar-refractivity contribution in [1.29, 1.82) is 0 Å². The highest BCUT2D eigenvalue weighted by Crippen LogP contribution is 2.34. The van der Waals surface area contributed by atoms with Gasteiger partial charge in [-0.15, -0.1) is 0 Å². The monoisotopic (exact) mass is 587 g/mol. The molecule has 0 aliphatic heterocycles. The topological polar surface area (TPSA) is 64.5 Å². The molecule has 4 aromatic carbocycles. The summed E-state index contributed by atoms with van der Waals surface area (Å²) in [5, 5.41) is 4.37. The maximum atomic E-state index is 5.10. The van der Waals surface area contributed by atoms with E-state index < -0.39 is 0 Å². The Labute approximate surface area is 264 Å². The van der Waals surface area contributed by atoms with Crippen molar-refractivity contribution in [2.75, 3.05) is 0 Å². The second-order valence-corrected chi connectivity index (χ2v) is 11.4. The average Bonchev–Trinajstić information content (AvgIpc) is 3.14. The number of nitrogens with zero attached hydrogens (tertiary/aromatic N) is 5. The van der Waals surface area contributed by atoms with Crippen LogP contribution in [0.3, 0.4) is 0 Å². The van der Waals surface area contributed by atoms with Crippen molar-refractivity contribution in [2.45, 2.75) is 0 Å². The molecule has 5 heterocycles. The molecule has 0 amide bonds. The number of pyridine rings is 5. The van der Waals surface area contributed by atoms with Crippen LogP contribution in [-0.2, 0) is 0 Å². The predicted molar refractivity (Wildman–Crippen MR) is 187 cm³/mol. The first-order valence-corrected chi connectivity index (χ1v) is 15.2. The van der Waals surface area contributed by atoms with E-state index in [9.17, 15) is 0 Å². The summed E-state index contributed by atoms with van der Waals surface area (Å²) in [6.45, 7) is 0. The number of hydrogen-bond acceptors (Lipinski definition) is 5. The molecule has 5 nitrogen and oxygen atoms in total. The molecule has 0 N–H and O–H groups in total. The minimum atomic E-state index is 0.864. The largest absolute Gasteiger partial charge is 0.255 e. The molecule has 0 spiro atoms. The van der Waals surface area contributed by atoms with E-state index in [2.05, 4.69) is 112 Å². The Bertz CT molecular complexity index is 2580. The maximum absolute atomic E-state index is 5.10. The summed E-state index contributed by atoms with van der Waals surface area (Å²) >= 11 is 0. The van der Waals surface area contributed by atoms with Gasteiger partial charge < -0.3 is 0 Å². The van der Waals surface area contributed by atoms with Gasteiger partial charge in [0, 0.05) is 45.7 Å². The summed E-state index contributed by atoms with van der Waals surface area (Å²) in [6, 6.07) is 46.1. The van der Waals surface area contributed by atoms with Crippen LogP contribution in [0.15, 0.2) is 152 Å². The van der Waals surface area contributed by atoms with Crippen LogP contribution in [0.4, 0.5) is 0 Å². The highest BCUT2D eigenvalue weighted by molar-refractivity contribution is 6.10. The molecule has 5 heteroatoms. The van der Waals surface area contributed by atoms with E-state index in [0.29, 0.717) is 0 Å². The molecule has 9 aromatic rings. The van der Waals surface area contributed by atoms with Crippen molar-refractivity contribution in [1.82, 2.24) is 24.9 Å². The van der Waals surface area contributed by atoms with Gasteiger partial charge >= 0.3 is 0 Å². The van der Waals surface area contributed by atoms with Crippen LogP contribution < -0.4 is 0 Å². The standard InChI is InChI=1S/C41H25N5/c1-2-20-42-36(7-1)37-19-17-29-13-15-31(25-39(29)46-37)30-14-12-28-16-18-35(45-38(28)24-30)27-10-8-26(9-11-27)34-23-32-5-3-21-43-40(32)41-33(34)6-4-22-44-41/h1-25H. The summed E-state index contributed by atoms with van der Waals surface area (Å²) in [5.41, 5.74) is 11.9. The summed E-state index contributed by atoms with van der Waals surface area (Å²) in [4.78, 5) is 23.8. The molecule has 0 bridgehead atoms. The average molecular weight is 588 g/mol. The smallest absolute Gasteiger partial charge is 0.0970 e. The molecule has 0 atom stereocenters. The SMILES string of the molecule is c1ccc(-c2ccc3ccc(-c4ccc5ccc(-c6ccc(-c7cc8cccnc8c8ncccc78)cc6)nc5c4)cc3n2)nc1. The Morgan fingerprint density at radius 3 is 1.70 bits per heavy atom. The molecule has 0 radical (unpaired) electrons. The molecule has 5 aromatic heterocycles. The highest BCUT2D eigenvalue weighted by atomic mass is 14.8. The Morgan fingerprint density at radius 1 is 0.348 bits per heavy atom. The molecule has 214 valence electrons. The van der Waals surface area contributed by atoms with E-state index in [1.165, 1.54) is 0 Å². The molecule has 0 aliphatic rings. The van der Waals surface area contributed by atoms with E-state index in [4.69, 9.17) is 9.97 Å². The van der Waals surface area contributed by atoms with Crippen molar-refractivity contribution in [3.05, 3.63) is 152 Å². The van der Waals surface area contributed by atoms with Gasteiger partial charge in [-0.05, 0) is 76.9 Å². The van der Waals surface area contributed by atoms with E-state index in [1.54, 1.807) is 6.20 Å². The lowest BCUT2D eigenvalue weighted by atomic mass is 9.96. The first-order valence-electron chi connectivity index (χ1n) is 15.2. The van der Waals surface area contributed by atoms with Gasteiger partial charge in [-0.2, -0.15) is 0 Å². The zero-order valence-corrected chi connectivity index (χ0v) is 24.7. The van der Waals surface area contributed by atoms with Crippen molar-refractivity contribution in [3.8, 4) is 44.9 Å². The maximum Gasteiger partial charge on any atom is 0.0970 e. The Kier molecular flexibility index (Phi) is 6.06. The quantitative estimate of drug-likeness (QED) is 0.192. The third kappa shape index (κ3) is 4.54. The lowest BCUT2D eigenvalue weighted by Crippen LogP contribution is -1.90. The van der Waals surface area contributed by atoms with Crippen molar-refractivity contribution < 1.29 is 0 Å². The van der Waals surface area contributed by atoms with E-state index in [0.717, 1.165) is 88.5 Å². The second-order valence-electron chi connectivity index (χ2n) is 11.4. The van der Waals surface area contributed by atoms with Crippen molar-refractivity contribution in [3.63, 3.8) is 0 Å². The van der Waals surface area contributed by atoms with Crippen LogP contribution in [0.2, 0.25) is 0 Å². The zero-order chi connectivity index (χ0) is 30.5. The summed E-state index contributed by atoms with van der Waals surface area (Å²) in [6.07, 6.45) is 5.45. The minimum Gasteiger partial charge on any atom is -0.255 e. The lowest BCUT2D eigenvalue weighted by Gasteiger charge is -2.11.